The zero-order valence-electron chi connectivity index (χ0n) is 15.5. The number of carbonyl (C=O) groups is 1. The molecule has 27 heavy (non-hydrogen) atoms. The van der Waals surface area contributed by atoms with Crippen LogP contribution in [-0.4, -0.2) is 43.3 Å². The van der Waals surface area contributed by atoms with Gasteiger partial charge in [-0.3, -0.25) is 0 Å². The standard InChI is InChI=1S/C18H24N2O5S2/c1-4-5-8-14(13-21)19-27(24,25)26(22,23)18-12-7-9-15-16(18)10-6-11-17(15)20(2)3/h6-7,9-14,19H,4-5,8H2,1-3H3. The van der Waals surface area contributed by atoms with Crippen LogP contribution in [0.2, 0.25) is 0 Å². The van der Waals surface area contributed by atoms with E-state index in [-0.39, 0.29) is 11.3 Å². The van der Waals surface area contributed by atoms with Gasteiger partial charge in [0.25, 0.3) is 8.87 Å². The molecule has 1 unspecified atom stereocenters. The predicted molar refractivity (Wildman–Crippen MR) is 107 cm³/mol. The third-order valence-electron chi connectivity index (χ3n) is 4.23. The van der Waals surface area contributed by atoms with Crippen LogP contribution in [0.25, 0.3) is 10.8 Å². The van der Waals surface area contributed by atoms with E-state index in [1.165, 1.54) is 12.1 Å². The monoisotopic (exact) mass is 412 g/mol. The van der Waals surface area contributed by atoms with E-state index in [2.05, 4.69) is 0 Å². The summed E-state index contributed by atoms with van der Waals surface area (Å²) in [6.45, 7) is 1.89. The number of hydrogen-bond acceptors (Lipinski definition) is 6. The van der Waals surface area contributed by atoms with Crippen molar-refractivity contribution in [2.75, 3.05) is 19.0 Å². The summed E-state index contributed by atoms with van der Waals surface area (Å²) < 4.78 is 53.0. The van der Waals surface area contributed by atoms with Gasteiger partial charge in [0.15, 0.2) is 0 Å². The lowest BCUT2D eigenvalue weighted by Crippen LogP contribution is -2.40. The Balaban J connectivity index is 2.56. The second kappa shape index (κ2) is 8.37. The number of hydrogen-bond donors (Lipinski definition) is 1. The van der Waals surface area contributed by atoms with Gasteiger partial charge in [-0.2, -0.15) is 13.1 Å². The first-order valence-electron chi connectivity index (χ1n) is 8.57. The summed E-state index contributed by atoms with van der Waals surface area (Å²) in [5.74, 6) is 0. The molecular weight excluding hydrogens is 388 g/mol. The molecule has 0 saturated carbocycles. The Morgan fingerprint density at radius 2 is 1.67 bits per heavy atom. The number of rotatable bonds is 9. The Morgan fingerprint density at radius 3 is 2.26 bits per heavy atom. The van der Waals surface area contributed by atoms with Gasteiger partial charge in [0.1, 0.15) is 6.29 Å². The van der Waals surface area contributed by atoms with Crippen molar-refractivity contribution in [2.45, 2.75) is 37.1 Å². The topological polar surface area (TPSA) is 101 Å². The molecule has 0 saturated heterocycles. The number of benzene rings is 2. The highest BCUT2D eigenvalue weighted by Gasteiger charge is 2.35. The number of nitrogens with zero attached hydrogens (tertiary/aromatic N) is 1. The number of anilines is 1. The Kier molecular flexibility index (Phi) is 6.61. The highest BCUT2D eigenvalue weighted by Crippen LogP contribution is 2.32. The minimum Gasteiger partial charge on any atom is -0.377 e. The van der Waals surface area contributed by atoms with E-state index in [0.29, 0.717) is 23.5 Å². The highest BCUT2D eigenvalue weighted by atomic mass is 33.2. The van der Waals surface area contributed by atoms with Crippen LogP contribution in [0, 0.1) is 0 Å². The lowest BCUT2D eigenvalue weighted by atomic mass is 10.1. The summed E-state index contributed by atoms with van der Waals surface area (Å²) in [6, 6.07) is 8.49. The van der Waals surface area contributed by atoms with E-state index >= 15 is 0 Å². The molecule has 1 N–H and O–H groups in total. The molecule has 148 valence electrons. The molecule has 2 rings (SSSR count). The zero-order chi connectivity index (χ0) is 20.2. The molecule has 1 atom stereocenters. The molecule has 7 nitrogen and oxygen atoms in total. The van der Waals surface area contributed by atoms with Crippen LogP contribution in [0.3, 0.4) is 0 Å². The molecule has 0 heterocycles. The fourth-order valence-corrected chi connectivity index (χ4v) is 6.31. The summed E-state index contributed by atoms with van der Waals surface area (Å²) in [5, 5.41) is 0.932. The van der Waals surface area contributed by atoms with Crippen molar-refractivity contribution in [2.24, 2.45) is 0 Å². The molecule has 0 aliphatic rings. The minimum absolute atomic E-state index is 0.245. The molecule has 0 bridgehead atoms. The fraction of sp³-hybridized carbons (Fsp3) is 0.389. The van der Waals surface area contributed by atoms with Gasteiger partial charge < -0.3 is 9.69 Å². The molecule has 2 aromatic rings. The summed E-state index contributed by atoms with van der Waals surface area (Å²) in [6.07, 6.45) is 2.03. The van der Waals surface area contributed by atoms with Crippen molar-refractivity contribution in [1.29, 1.82) is 0 Å². The molecule has 0 aromatic heterocycles. The zero-order valence-corrected chi connectivity index (χ0v) is 17.2. The maximum absolute atomic E-state index is 12.9. The fourth-order valence-electron chi connectivity index (χ4n) is 2.82. The first-order chi connectivity index (χ1) is 12.7. The summed E-state index contributed by atoms with van der Waals surface area (Å²) in [4.78, 5) is 12.7. The van der Waals surface area contributed by atoms with E-state index < -0.39 is 24.0 Å². The van der Waals surface area contributed by atoms with Crippen LogP contribution < -0.4 is 9.62 Å². The van der Waals surface area contributed by atoms with Crippen molar-refractivity contribution in [3.63, 3.8) is 0 Å². The number of unbranched alkanes of at least 4 members (excludes halogenated alkanes) is 1. The summed E-state index contributed by atoms with van der Waals surface area (Å²) >= 11 is 0. The number of carbonyl (C=O) groups excluding carboxylic acids is 1. The second-order valence-electron chi connectivity index (χ2n) is 6.43. The molecule has 0 radical (unpaired) electrons. The number of nitrogens with one attached hydrogen (secondary N) is 1. The molecule has 0 amide bonds. The van der Waals surface area contributed by atoms with Crippen molar-refractivity contribution in [3.8, 4) is 0 Å². The normalized spacial score (nSPS) is 13.4. The first kappa shape index (κ1) is 21.3. The van der Waals surface area contributed by atoms with Crippen LogP contribution in [0.15, 0.2) is 41.3 Å². The third kappa shape index (κ3) is 4.31. The third-order valence-corrected chi connectivity index (χ3v) is 8.85. The SMILES string of the molecule is CCCCC(C=O)NS(=O)(=O)S(=O)(=O)c1cccc2c(N(C)C)cccc12. The lowest BCUT2D eigenvalue weighted by molar-refractivity contribution is -0.109. The van der Waals surface area contributed by atoms with Gasteiger partial charge in [-0.15, -0.1) is 0 Å². The van der Waals surface area contributed by atoms with Crippen LogP contribution in [0.5, 0.6) is 0 Å². The van der Waals surface area contributed by atoms with E-state index in [0.717, 1.165) is 12.1 Å². The molecule has 9 heteroatoms. The molecule has 0 fully saturated rings. The average molecular weight is 413 g/mol. The Labute approximate surface area is 159 Å². The van der Waals surface area contributed by atoms with Gasteiger partial charge in [0, 0.05) is 30.6 Å². The van der Waals surface area contributed by atoms with E-state index in [4.69, 9.17) is 0 Å². The summed E-state index contributed by atoms with van der Waals surface area (Å²) in [5.41, 5.74) is 0.767. The van der Waals surface area contributed by atoms with Gasteiger partial charge in [-0.25, -0.2) is 8.42 Å². The van der Waals surface area contributed by atoms with Crippen LogP contribution in [0.1, 0.15) is 26.2 Å². The number of aldehydes is 1. The largest absolute Gasteiger partial charge is 0.377 e. The highest BCUT2D eigenvalue weighted by molar-refractivity contribution is 8.66. The molecular formula is C18H24N2O5S2. The van der Waals surface area contributed by atoms with Gasteiger partial charge >= 0.3 is 9.06 Å². The van der Waals surface area contributed by atoms with Gasteiger partial charge in [0.05, 0.1) is 10.9 Å². The van der Waals surface area contributed by atoms with Crippen molar-refractivity contribution in [1.82, 2.24) is 4.72 Å². The maximum Gasteiger partial charge on any atom is 0.322 e. The second-order valence-corrected chi connectivity index (χ2v) is 11.6. The average Bonchev–Trinajstić information content (AvgIpc) is 2.63. The van der Waals surface area contributed by atoms with E-state index in [1.807, 2.05) is 36.7 Å². The predicted octanol–water partition coefficient (Wildman–Crippen LogP) is 2.27. The van der Waals surface area contributed by atoms with Crippen molar-refractivity contribution in [3.05, 3.63) is 36.4 Å². The van der Waals surface area contributed by atoms with Crippen LogP contribution in [0.4, 0.5) is 5.69 Å². The molecule has 0 spiro atoms. The number of fused-ring (bicyclic) bond motifs is 1. The summed E-state index contributed by atoms with van der Waals surface area (Å²) in [7, 11) is -5.92. The van der Waals surface area contributed by atoms with E-state index in [9.17, 15) is 21.6 Å². The Morgan fingerprint density at radius 1 is 1.04 bits per heavy atom. The minimum atomic E-state index is -4.80. The molecule has 0 aliphatic carbocycles. The van der Waals surface area contributed by atoms with Gasteiger partial charge in [-0.05, 0) is 18.6 Å². The van der Waals surface area contributed by atoms with Crippen LogP contribution in [-0.2, 0) is 22.7 Å². The van der Waals surface area contributed by atoms with Gasteiger partial charge in [-0.1, -0.05) is 44.0 Å². The van der Waals surface area contributed by atoms with E-state index in [1.54, 1.807) is 18.2 Å². The smallest absolute Gasteiger partial charge is 0.322 e. The first-order valence-corrected chi connectivity index (χ1v) is 12.1. The maximum atomic E-state index is 12.9. The van der Waals surface area contributed by atoms with Crippen molar-refractivity contribution < 1.29 is 21.6 Å². The lowest BCUT2D eigenvalue weighted by Gasteiger charge is -2.17. The Hall–Kier alpha value is -1.97. The molecule has 2 aromatic carbocycles. The van der Waals surface area contributed by atoms with Crippen LogP contribution >= 0.6 is 0 Å². The van der Waals surface area contributed by atoms with Crippen molar-refractivity contribution >= 4 is 40.7 Å². The van der Waals surface area contributed by atoms with Gasteiger partial charge in [0.2, 0.25) is 0 Å². The quantitative estimate of drug-likeness (QED) is 0.501. The molecule has 0 aliphatic heterocycles. The Bertz CT molecular complexity index is 1030.